The molecule has 1 aromatic rings. The topological polar surface area (TPSA) is 69.6 Å². The molecule has 2 N–H and O–H groups in total. The summed E-state index contributed by atoms with van der Waals surface area (Å²) in [5.41, 5.74) is 1.01. The van der Waals surface area contributed by atoms with Crippen molar-refractivity contribution in [3.8, 4) is 0 Å². The molecular weight excluding hydrogens is 288 g/mol. The van der Waals surface area contributed by atoms with Crippen LogP contribution in [0, 0.1) is 6.92 Å². The second-order valence-electron chi connectivity index (χ2n) is 5.80. The van der Waals surface area contributed by atoms with Crippen LogP contribution >= 0.6 is 0 Å². The monoisotopic (exact) mass is 312 g/mol. The summed E-state index contributed by atoms with van der Waals surface area (Å²) >= 11 is 0. The van der Waals surface area contributed by atoms with Gasteiger partial charge in [0, 0.05) is 12.6 Å². The standard InChI is InChI=1S/C15H24N2O3S/c1-12-5-7-14(8-6-12)21(19,20)16-13(2)15(18)11-17-9-3-4-10-17/h5-8,13,15-16,18H,3-4,9-11H2,1-2H3/t13-,15-/m1/s1. The van der Waals surface area contributed by atoms with Crippen molar-refractivity contribution in [2.75, 3.05) is 19.6 Å². The Balaban J connectivity index is 1.96. The minimum absolute atomic E-state index is 0.230. The summed E-state index contributed by atoms with van der Waals surface area (Å²) in [7, 11) is -3.58. The van der Waals surface area contributed by atoms with Crippen molar-refractivity contribution in [2.24, 2.45) is 0 Å². The van der Waals surface area contributed by atoms with E-state index in [9.17, 15) is 13.5 Å². The van der Waals surface area contributed by atoms with E-state index in [1.54, 1.807) is 31.2 Å². The van der Waals surface area contributed by atoms with Gasteiger partial charge >= 0.3 is 0 Å². The van der Waals surface area contributed by atoms with Gasteiger partial charge in [-0.2, -0.15) is 0 Å². The quantitative estimate of drug-likeness (QED) is 0.826. The predicted molar refractivity (Wildman–Crippen MR) is 82.6 cm³/mol. The molecule has 5 nitrogen and oxygen atoms in total. The van der Waals surface area contributed by atoms with E-state index in [1.165, 1.54) is 0 Å². The third kappa shape index (κ3) is 4.51. The third-order valence-corrected chi connectivity index (χ3v) is 5.47. The number of nitrogens with zero attached hydrogens (tertiary/aromatic N) is 1. The van der Waals surface area contributed by atoms with Crippen molar-refractivity contribution in [1.29, 1.82) is 0 Å². The van der Waals surface area contributed by atoms with E-state index in [0.29, 0.717) is 6.54 Å². The zero-order valence-electron chi connectivity index (χ0n) is 12.6. The minimum atomic E-state index is -3.58. The molecule has 118 valence electrons. The number of aryl methyl sites for hydroxylation is 1. The number of hydrogen-bond donors (Lipinski definition) is 2. The number of aliphatic hydroxyl groups excluding tert-OH is 1. The van der Waals surface area contributed by atoms with Gasteiger partial charge in [0.1, 0.15) is 0 Å². The van der Waals surface area contributed by atoms with E-state index < -0.39 is 22.2 Å². The molecule has 2 atom stereocenters. The lowest BCUT2D eigenvalue weighted by atomic mass is 10.2. The van der Waals surface area contributed by atoms with Gasteiger partial charge in [0.15, 0.2) is 0 Å². The Morgan fingerprint density at radius 2 is 1.81 bits per heavy atom. The van der Waals surface area contributed by atoms with Gasteiger partial charge in [-0.3, -0.25) is 0 Å². The lowest BCUT2D eigenvalue weighted by Crippen LogP contribution is -2.46. The third-order valence-electron chi connectivity index (χ3n) is 3.89. The average Bonchev–Trinajstić information content (AvgIpc) is 2.91. The largest absolute Gasteiger partial charge is 0.390 e. The molecule has 0 saturated carbocycles. The van der Waals surface area contributed by atoms with Gasteiger partial charge in [-0.15, -0.1) is 0 Å². The van der Waals surface area contributed by atoms with Crippen LogP contribution in [0.2, 0.25) is 0 Å². The molecule has 0 radical (unpaired) electrons. The van der Waals surface area contributed by atoms with Crippen LogP contribution in [-0.4, -0.2) is 50.2 Å². The van der Waals surface area contributed by atoms with Gasteiger partial charge in [0.25, 0.3) is 0 Å². The van der Waals surface area contributed by atoms with Gasteiger partial charge in [0.2, 0.25) is 10.0 Å². The maximum atomic E-state index is 12.3. The molecule has 1 aliphatic heterocycles. The number of nitrogens with one attached hydrogen (secondary N) is 1. The Kier molecular flexibility index (Phi) is 5.37. The highest BCUT2D eigenvalue weighted by molar-refractivity contribution is 7.89. The number of benzene rings is 1. The second-order valence-corrected chi connectivity index (χ2v) is 7.51. The molecule has 1 aliphatic rings. The Labute approximate surface area is 127 Å². The maximum absolute atomic E-state index is 12.3. The average molecular weight is 312 g/mol. The maximum Gasteiger partial charge on any atom is 0.240 e. The molecule has 0 spiro atoms. The normalized spacial score (nSPS) is 19.6. The first-order valence-corrected chi connectivity index (χ1v) is 8.86. The number of β-amino-alcohol motifs (C(OH)–C–C–N with tert-alkyl or cyclic N) is 1. The highest BCUT2D eigenvalue weighted by atomic mass is 32.2. The summed E-state index contributed by atoms with van der Waals surface area (Å²) in [5.74, 6) is 0. The van der Waals surface area contributed by atoms with Crippen LogP contribution in [0.1, 0.15) is 25.3 Å². The molecule has 21 heavy (non-hydrogen) atoms. The molecule has 1 saturated heterocycles. The number of sulfonamides is 1. The van der Waals surface area contributed by atoms with Gasteiger partial charge < -0.3 is 10.0 Å². The molecule has 1 aromatic carbocycles. The molecule has 0 bridgehead atoms. The molecular formula is C15H24N2O3S. The van der Waals surface area contributed by atoms with Crippen molar-refractivity contribution in [1.82, 2.24) is 9.62 Å². The van der Waals surface area contributed by atoms with Crippen LogP contribution in [0.25, 0.3) is 0 Å². The molecule has 6 heteroatoms. The van der Waals surface area contributed by atoms with Crippen molar-refractivity contribution >= 4 is 10.0 Å². The molecule has 1 heterocycles. The lowest BCUT2D eigenvalue weighted by molar-refractivity contribution is 0.101. The number of aliphatic hydroxyl groups is 1. The Morgan fingerprint density at radius 1 is 1.24 bits per heavy atom. The zero-order chi connectivity index (χ0) is 15.5. The lowest BCUT2D eigenvalue weighted by Gasteiger charge is -2.24. The van der Waals surface area contributed by atoms with E-state index in [2.05, 4.69) is 9.62 Å². The number of rotatable bonds is 6. The van der Waals surface area contributed by atoms with Crippen LogP contribution in [0.15, 0.2) is 29.2 Å². The molecule has 0 aromatic heterocycles. The van der Waals surface area contributed by atoms with Crippen LogP contribution in [0.3, 0.4) is 0 Å². The summed E-state index contributed by atoms with van der Waals surface area (Å²) in [6.07, 6.45) is 1.59. The van der Waals surface area contributed by atoms with Crippen LogP contribution in [0.4, 0.5) is 0 Å². The van der Waals surface area contributed by atoms with Crippen LogP contribution in [0.5, 0.6) is 0 Å². The van der Waals surface area contributed by atoms with Gasteiger partial charge in [-0.1, -0.05) is 17.7 Å². The highest BCUT2D eigenvalue weighted by Gasteiger charge is 2.24. The SMILES string of the molecule is Cc1ccc(S(=O)(=O)N[C@H](C)[C@H](O)CN2CCCC2)cc1. The Morgan fingerprint density at radius 3 is 2.38 bits per heavy atom. The van der Waals surface area contributed by atoms with Gasteiger partial charge in [-0.05, 0) is 51.9 Å². The molecule has 0 unspecified atom stereocenters. The summed E-state index contributed by atoms with van der Waals surface area (Å²) < 4.78 is 27.1. The van der Waals surface area contributed by atoms with Crippen molar-refractivity contribution in [2.45, 2.75) is 43.7 Å². The van der Waals surface area contributed by atoms with Crippen molar-refractivity contribution in [3.05, 3.63) is 29.8 Å². The van der Waals surface area contributed by atoms with E-state index >= 15 is 0 Å². The fourth-order valence-electron chi connectivity index (χ4n) is 2.50. The molecule has 0 amide bonds. The Hall–Kier alpha value is -0.950. The summed E-state index contributed by atoms with van der Waals surface area (Å²) in [5, 5.41) is 10.2. The van der Waals surface area contributed by atoms with Crippen LogP contribution < -0.4 is 4.72 Å². The fraction of sp³-hybridized carbons (Fsp3) is 0.600. The Bertz CT molecular complexity index is 551. The first-order valence-electron chi connectivity index (χ1n) is 7.38. The van der Waals surface area contributed by atoms with E-state index in [1.807, 2.05) is 6.92 Å². The highest BCUT2D eigenvalue weighted by Crippen LogP contribution is 2.13. The summed E-state index contributed by atoms with van der Waals surface area (Å²) in [6, 6.07) is 6.17. The first-order chi connectivity index (χ1) is 9.88. The summed E-state index contributed by atoms with van der Waals surface area (Å²) in [6.45, 7) is 6.08. The smallest absolute Gasteiger partial charge is 0.240 e. The van der Waals surface area contributed by atoms with Gasteiger partial charge in [-0.25, -0.2) is 13.1 Å². The molecule has 2 rings (SSSR count). The zero-order valence-corrected chi connectivity index (χ0v) is 13.4. The second kappa shape index (κ2) is 6.87. The van der Waals surface area contributed by atoms with E-state index in [-0.39, 0.29) is 4.90 Å². The van der Waals surface area contributed by atoms with Crippen LogP contribution in [-0.2, 0) is 10.0 Å². The fourth-order valence-corrected chi connectivity index (χ4v) is 3.77. The number of hydrogen-bond acceptors (Lipinski definition) is 4. The van der Waals surface area contributed by atoms with Gasteiger partial charge in [0.05, 0.1) is 11.0 Å². The van der Waals surface area contributed by atoms with E-state index in [0.717, 1.165) is 31.5 Å². The molecule has 1 fully saturated rings. The summed E-state index contributed by atoms with van der Waals surface area (Å²) in [4.78, 5) is 2.40. The van der Waals surface area contributed by atoms with Crippen molar-refractivity contribution in [3.63, 3.8) is 0 Å². The molecule has 0 aliphatic carbocycles. The number of likely N-dealkylation sites (tertiary alicyclic amines) is 1. The first kappa shape index (κ1) is 16.4. The minimum Gasteiger partial charge on any atom is -0.390 e. The van der Waals surface area contributed by atoms with E-state index in [4.69, 9.17) is 0 Å². The van der Waals surface area contributed by atoms with Crippen molar-refractivity contribution < 1.29 is 13.5 Å². The predicted octanol–water partition coefficient (Wildman–Crippen LogP) is 1.12.